The molecule has 0 amide bonds. The molecule has 1 saturated heterocycles. The molecule has 0 aliphatic carbocycles. The van der Waals surface area contributed by atoms with Crippen LogP contribution in [-0.4, -0.2) is 24.1 Å². The summed E-state index contributed by atoms with van der Waals surface area (Å²) in [5.41, 5.74) is -0.731. The van der Waals surface area contributed by atoms with Gasteiger partial charge in [0.2, 0.25) is 0 Å². The van der Waals surface area contributed by atoms with Crippen LogP contribution in [0.2, 0.25) is 0 Å². The Hall–Kier alpha value is -1.30. The van der Waals surface area contributed by atoms with Gasteiger partial charge in [0.15, 0.2) is 0 Å². The molecule has 1 aromatic rings. The third-order valence-corrected chi connectivity index (χ3v) is 3.86. The van der Waals surface area contributed by atoms with Crippen LogP contribution in [0.25, 0.3) is 0 Å². The number of pyridine rings is 1. The molecule has 112 valence electrons. The Morgan fingerprint density at radius 1 is 1.40 bits per heavy atom. The molecule has 2 N–H and O–H groups in total. The maximum Gasteiger partial charge on any atom is 0.433 e. The van der Waals surface area contributed by atoms with E-state index in [2.05, 4.69) is 29.5 Å². The van der Waals surface area contributed by atoms with Gasteiger partial charge in [-0.05, 0) is 36.9 Å². The zero-order valence-electron chi connectivity index (χ0n) is 11.7. The Bertz CT molecular complexity index is 457. The average Bonchev–Trinajstić information content (AvgIpc) is 2.36. The van der Waals surface area contributed by atoms with Crippen LogP contribution in [0.3, 0.4) is 0 Å². The Morgan fingerprint density at radius 3 is 2.80 bits per heavy atom. The second-order valence-corrected chi connectivity index (χ2v) is 5.89. The van der Waals surface area contributed by atoms with E-state index in [1.54, 1.807) is 6.07 Å². The monoisotopic (exact) mass is 287 g/mol. The Kier molecular flexibility index (Phi) is 4.22. The standard InChI is InChI=1S/C14H20F3N3/c1-13(2)7-4-8-18-11(13)9-19-12-6-3-5-10(20-12)14(15,16)17/h3,5-6,11,18H,4,7-9H2,1-2H3,(H,19,20). The minimum atomic E-state index is -4.40. The van der Waals surface area contributed by atoms with E-state index >= 15 is 0 Å². The van der Waals surface area contributed by atoms with E-state index in [1.807, 2.05) is 0 Å². The first-order chi connectivity index (χ1) is 9.29. The quantitative estimate of drug-likeness (QED) is 0.895. The number of piperidine rings is 1. The smallest absolute Gasteiger partial charge is 0.368 e. The Morgan fingerprint density at radius 2 is 2.15 bits per heavy atom. The van der Waals surface area contributed by atoms with Crippen LogP contribution in [0.1, 0.15) is 32.4 Å². The molecule has 6 heteroatoms. The van der Waals surface area contributed by atoms with Crippen LogP contribution in [0.15, 0.2) is 18.2 Å². The number of aromatic nitrogens is 1. The molecule has 3 nitrogen and oxygen atoms in total. The fourth-order valence-corrected chi connectivity index (χ4v) is 2.52. The van der Waals surface area contributed by atoms with E-state index in [-0.39, 0.29) is 17.3 Å². The highest BCUT2D eigenvalue weighted by Crippen LogP contribution is 2.31. The van der Waals surface area contributed by atoms with Crippen molar-refractivity contribution >= 4 is 5.82 Å². The SMILES string of the molecule is CC1(C)CCCNC1CNc1cccc(C(F)(F)F)n1. The normalized spacial score (nSPS) is 22.6. The van der Waals surface area contributed by atoms with E-state index in [0.717, 1.165) is 25.5 Å². The highest BCUT2D eigenvalue weighted by molar-refractivity contribution is 5.36. The van der Waals surface area contributed by atoms with Crippen molar-refractivity contribution < 1.29 is 13.2 Å². The molecule has 1 atom stereocenters. The zero-order valence-corrected chi connectivity index (χ0v) is 11.7. The third kappa shape index (κ3) is 3.62. The van der Waals surface area contributed by atoms with Gasteiger partial charge in [-0.3, -0.25) is 0 Å². The summed E-state index contributed by atoms with van der Waals surface area (Å²) in [6, 6.07) is 4.14. The predicted octanol–water partition coefficient (Wildman–Crippen LogP) is 3.29. The molecular weight excluding hydrogens is 267 g/mol. The largest absolute Gasteiger partial charge is 0.433 e. The van der Waals surface area contributed by atoms with Crippen molar-refractivity contribution in [2.45, 2.75) is 38.9 Å². The lowest BCUT2D eigenvalue weighted by Crippen LogP contribution is -2.50. The molecule has 1 aliphatic rings. The molecule has 1 aliphatic heterocycles. The van der Waals surface area contributed by atoms with Crippen molar-refractivity contribution in [1.29, 1.82) is 0 Å². The van der Waals surface area contributed by atoms with Crippen LogP contribution in [0.4, 0.5) is 19.0 Å². The molecule has 1 fully saturated rings. The second kappa shape index (κ2) is 5.60. The van der Waals surface area contributed by atoms with Crippen molar-refractivity contribution in [3.8, 4) is 0 Å². The molecule has 1 aromatic heterocycles. The summed E-state index contributed by atoms with van der Waals surface area (Å²) in [6.45, 7) is 5.86. The minimum absolute atomic E-state index is 0.132. The third-order valence-electron chi connectivity index (χ3n) is 3.86. The van der Waals surface area contributed by atoms with Gasteiger partial charge in [-0.2, -0.15) is 13.2 Å². The summed E-state index contributed by atoms with van der Waals surface area (Å²) >= 11 is 0. The molecule has 0 aromatic carbocycles. The number of alkyl halides is 3. The maximum atomic E-state index is 12.6. The Labute approximate surface area is 117 Å². The number of nitrogens with zero attached hydrogens (tertiary/aromatic N) is 1. The summed E-state index contributed by atoms with van der Waals surface area (Å²) in [6.07, 6.45) is -2.16. The number of nitrogens with one attached hydrogen (secondary N) is 2. The van der Waals surface area contributed by atoms with Crippen molar-refractivity contribution in [2.24, 2.45) is 5.41 Å². The maximum absolute atomic E-state index is 12.6. The van der Waals surface area contributed by atoms with Gasteiger partial charge in [0.25, 0.3) is 0 Å². The van der Waals surface area contributed by atoms with Gasteiger partial charge in [0.05, 0.1) is 0 Å². The lowest BCUT2D eigenvalue weighted by Gasteiger charge is -2.39. The van der Waals surface area contributed by atoms with Gasteiger partial charge >= 0.3 is 6.18 Å². The zero-order chi connectivity index (χ0) is 14.8. The van der Waals surface area contributed by atoms with Crippen molar-refractivity contribution in [3.05, 3.63) is 23.9 Å². The van der Waals surface area contributed by atoms with Crippen LogP contribution in [0.5, 0.6) is 0 Å². The first kappa shape index (κ1) is 15.1. The molecule has 1 unspecified atom stereocenters. The highest BCUT2D eigenvalue weighted by Gasteiger charge is 2.33. The topological polar surface area (TPSA) is 37.0 Å². The fourth-order valence-electron chi connectivity index (χ4n) is 2.52. The number of anilines is 1. The van der Waals surface area contributed by atoms with Gasteiger partial charge in [0, 0.05) is 12.6 Å². The van der Waals surface area contributed by atoms with Gasteiger partial charge in [-0.15, -0.1) is 0 Å². The van der Waals surface area contributed by atoms with Crippen molar-refractivity contribution in [1.82, 2.24) is 10.3 Å². The average molecular weight is 287 g/mol. The van der Waals surface area contributed by atoms with Crippen LogP contribution in [-0.2, 0) is 6.18 Å². The van der Waals surface area contributed by atoms with Crippen LogP contribution >= 0.6 is 0 Å². The predicted molar refractivity (Wildman–Crippen MR) is 72.5 cm³/mol. The van der Waals surface area contributed by atoms with Crippen molar-refractivity contribution in [2.75, 3.05) is 18.4 Å². The van der Waals surface area contributed by atoms with E-state index in [4.69, 9.17) is 0 Å². The van der Waals surface area contributed by atoms with Crippen molar-refractivity contribution in [3.63, 3.8) is 0 Å². The lowest BCUT2D eigenvalue weighted by molar-refractivity contribution is -0.141. The molecule has 0 radical (unpaired) electrons. The molecule has 20 heavy (non-hydrogen) atoms. The second-order valence-electron chi connectivity index (χ2n) is 5.89. The van der Waals surface area contributed by atoms with E-state index in [0.29, 0.717) is 6.54 Å². The first-order valence-electron chi connectivity index (χ1n) is 6.80. The van der Waals surface area contributed by atoms with Gasteiger partial charge in [0.1, 0.15) is 11.5 Å². The molecule has 0 bridgehead atoms. The van der Waals surface area contributed by atoms with Crippen LogP contribution in [0, 0.1) is 5.41 Å². The Balaban J connectivity index is 2.00. The highest BCUT2D eigenvalue weighted by atomic mass is 19.4. The summed E-state index contributed by atoms with van der Waals surface area (Å²) in [4.78, 5) is 3.61. The number of hydrogen-bond donors (Lipinski definition) is 2. The summed E-state index contributed by atoms with van der Waals surface area (Å²) in [5, 5.41) is 6.42. The molecule has 0 spiro atoms. The molecule has 2 heterocycles. The van der Waals surface area contributed by atoms with E-state index in [1.165, 1.54) is 6.07 Å². The van der Waals surface area contributed by atoms with Gasteiger partial charge in [-0.1, -0.05) is 19.9 Å². The van der Waals surface area contributed by atoms with Gasteiger partial charge in [-0.25, -0.2) is 4.98 Å². The lowest BCUT2D eigenvalue weighted by atomic mass is 9.77. The molecule has 2 rings (SSSR count). The first-order valence-corrected chi connectivity index (χ1v) is 6.80. The van der Waals surface area contributed by atoms with Crippen LogP contribution < -0.4 is 10.6 Å². The number of halogens is 3. The minimum Gasteiger partial charge on any atom is -0.368 e. The summed E-state index contributed by atoms with van der Waals surface area (Å²) in [5.74, 6) is 0.267. The van der Waals surface area contributed by atoms with E-state index in [9.17, 15) is 13.2 Å². The van der Waals surface area contributed by atoms with Gasteiger partial charge < -0.3 is 10.6 Å². The summed E-state index contributed by atoms with van der Waals surface area (Å²) in [7, 11) is 0. The number of hydrogen-bond acceptors (Lipinski definition) is 3. The fraction of sp³-hybridized carbons (Fsp3) is 0.643. The molecular formula is C14H20F3N3. The molecule has 0 saturated carbocycles. The number of rotatable bonds is 3. The summed E-state index contributed by atoms with van der Waals surface area (Å²) < 4.78 is 37.7. The van der Waals surface area contributed by atoms with E-state index < -0.39 is 11.9 Å².